The van der Waals surface area contributed by atoms with Gasteiger partial charge in [0.1, 0.15) is 5.75 Å². The number of nitrogens with zero attached hydrogens (tertiary/aromatic N) is 1. The first-order valence-electron chi connectivity index (χ1n) is 7.69. The highest BCUT2D eigenvalue weighted by molar-refractivity contribution is 6.04. The maximum atomic E-state index is 12.2. The summed E-state index contributed by atoms with van der Waals surface area (Å²) in [6.45, 7) is 7.37. The van der Waals surface area contributed by atoms with Crippen LogP contribution in [0.1, 0.15) is 44.0 Å². The molecule has 0 aliphatic heterocycles. The second-order valence-electron chi connectivity index (χ2n) is 5.43. The molecule has 1 amide bonds. The van der Waals surface area contributed by atoms with E-state index in [1.165, 1.54) is 0 Å². The summed E-state index contributed by atoms with van der Waals surface area (Å²) in [6, 6.07) is 7.21. The molecule has 1 rings (SSSR count). The molecule has 0 aliphatic rings. The Labute approximate surface area is 132 Å². The zero-order valence-electron chi connectivity index (χ0n) is 13.9. The van der Waals surface area contributed by atoms with Gasteiger partial charge in [-0.1, -0.05) is 27.2 Å². The number of rotatable bonds is 7. The number of aliphatic imine (C=N–C) groups is 1. The van der Waals surface area contributed by atoms with Gasteiger partial charge in [0, 0.05) is 12.1 Å². The average Bonchev–Trinajstić information content (AvgIpc) is 2.52. The summed E-state index contributed by atoms with van der Waals surface area (Å²) < 4.78 is 10.7. The van der Waals surface area contributed by atoms with Crippen LogP contribution < -0.4 is 10.1 Å². The Balaban J connectivity index is 2.69. The molecule has 22 heavy (non-hydrogen) atoms. The number of hydrogen-bond donors (Lipinski definition) is 1. The zero-order valence-corrected chi connectivity index (χ0v) is 13.9. The monoisotopic (exact) mass is 306 g/mol. The number of hydrogen-bond acceptors (Lipinski definition) is 4. The van der Waals surface area contributed by atoms with Crippen molar-refractivity contribution in [2.75, 3.05) is 20.3 Å². The van der Waals surface area contributed by atoms with Gasteiger partial charge in [-0.3, -0.25) is 10.1 Å². The average molecular weight is 306 g/mol. The molecule has 1 aromatic rings. The lowest BCUT2D eigenvalue weighted by Gasteiger charge is -2.12. The molecule has 0 heterocycles. The second-order valence-corrected chi connectivity index (χ2v) is 5.43. The van der Waals surface area contributed by atoms with Crippen LogP contribution >= 0.6 is 0 Å². The van der Waals surface area contributed by atoms with Gasteiger partial charge in [-0.05, 0) is 36.6 Å². The summed E-state index contributed by atoms with van der Waals surface area (Å²) in [7, 11) is 1.59. The topological polar surface area (TPSA) is 59.9 Å². The third-order valence-electron chi connectivity index (χ3n) is 2.89. The molecule has 0 bridgehead atoms. The summed E-state index contributed by atoms with van der Waals surface area (Å²) >= 11 is 0. The van der Waals surface area contributed by atoms with E-state index in [0.717, 1.165) is 12.8 Å². The molecule has 122 valence electrons. The fourth-order valence-corrected chi connectivity index (χ4v) is 1.62. The Morgan fingerprint density at radius 1 is 1.27 bits per heavy atom. The molecule has 0 fully saturated rings. The molecule has 0 aromatic heterocycles. The third kappa shape index (κ3) is 6.61. The van der Waals surface area contributed by atoms with E-state index in [1.807, 2.05) is 0 Å². The van der Waals surface area contributed by atoms with Crippen LogP contribution in [0, 0.1) is 5.92 Å². The van der Waals surface area contributed by atoms with Gasteiger partial charge in [-0.25, -0.2) is 4.99 Å². The third-order valence-corrected chi connectivity index (χ3v) is 2.89. The first-order chi connectivity index (χ1) is 10.6. The summed E-state index contributed by atoms with van der Waals surface area (Å²) in [5, 5.41) is 2.73. The summed E-state index contributed by atoms with van der Waals surface area (Å²) in [6.07, 6.45) is 2.01. The predicted molar refractivity (Wildman–Crippen MR) is 88.5 cm³/mol. The van der Waals surface area contributed by atoms with Gasteiger partial charge in [-0.2, -0.15) is 0 Å². The van der Waals surface area contributed by atoms with Crippen molar-refractivity contribution in [3.8, 4) is 5.75 Å². The fraction of sp³-hybridized carbons (Fsp3) is 0.529. The van der Waals surface area contributed by atoms with E-state index in [4.69, 9.17) is 9.47 Å². The minimum Gasteiger partial charge on any atom is -0.497 e. The number of unbranched alkanes of at least 4 members (excludes halogenated alkanes) is 1. The summed E-state index contributed by atoms with van der Waals surface area (Å²) in [5.74, 6) is 0.848. The molecular weight excluding hydrogens is 280 g/mol. The van der Waals surface area contributed by atoms with Crippen molar-refractivity contribution in [1.82, 2.24) is 5.32 Å². The number of carbonyl (C=O) groups is 1. The lowest BCUT2D eigenvalue weighted by molar-refractivity contribution is 0.0963. The van der Waals surface area contributed by atoms with Crippen LogP contribution in [0.5, 0.6) is 5.75 Å². The van der Waals surface area contributed by atoms with E-state index in [-0.39, 0.29) is 5.91 Å². The normalized spacial score (nSPS) is 11.4. The quantitative estimate of drug-likeness (QED) is 0.478. The lowest BCUT2D eigenvalue weighted by Crippen LogP contribution is -2.33. The van der Waals surface area contributed by atoms with Crippen LogP contribution in [0.15, 0.2) is 29.3 Å². The van der Waals surface area contributed by atoms with Gasteiger partial charge in [0.25, 0.3) is 11.9 Å². The van der Waals surface area contributed by atoms with Gasteiger partial charge < -0.3 is 9.47 Å². The van der Waals surface area contributed by atoms with E-state index in [9.17, 15) is 4.79 Å². The van der Waals surface area contributed by atoms with Crippen LogP contribution in [0.25, 0.3) is 0 Å². The number of ether oxygens (including phenoxy) is 2. The number of benzene rings is 1. The first kappa shape index (κ1) is 18.0. The second kappa shape index (κ2) is 9.82. The molecule has 1 N–H and O–H groups in total. The molecule has 1 aromatic carbocycles. The molecule has 0 saturated carbocycles. The maximum Gasteiger partial charge on any atom is 0.291 e. The fourth-order valence-electron chi connectivity index (χ4n) is 1.62. The van der Waals surface area contributed by atoms with Gasteiger partial charge in [-0.15, -0.1) is 0 Å². The standard InChI is InChI=1S/C17H26N2O3/c1-5-6-11-18-17(22-12-13(2)3)19-16(20)14-7-9-15(21-4)10-8-14/h7-10,13H,5-6,11-12H2,1-4H3,(H,18,19,20). The SMILES string of the molecule is CCCCN=C(NC(=O)c1ccc(OC)cc1)OCC(C)C. The number of carbonyl (C=O) groups excluding carboxylic acids is 1. The van der Waals surface area contributed by atoms with Crippen LogP contribution in [0.3, 0.4) is 0 Å². The first-order valence-corrected chi connectivity index (χ1v) is 7.69. The number of methoxy groups -OCH3 is 1. The van der Waals surface area contributed by atoms with Crippen LogP contribution in [-0.4, -0.2) is 32.2 Å². The van der Waals surface area contributed by atoms with Crippen molar-refractivity contribution in [1.29, 1.82) is 0 Å². The predicted octanol–water partition coefficient (Wildman–Crippen LogP) is 3.25. The van der Waals surface area contributed by atoms with Crippen molar-refractivity contribution < 1.29 is 14.3 Å². The summed E-state index contributed by atoms with van der Waals surface area (Å²) in [5.41, 5.74) is 0.539. The molecule has 0 aliphatic carbocycles. The van der Waals surface area contributed by atoms with Gasteiger partial charge in [0.05, 0.1) is 13.7 Å². The molecule has 0 saturated heterocycles. The largest absolute Gasteiger partial charge is 0.497 e. The minimum atomic E-state index is -0.235. The van der Waals surface area contributed by atoms with E-state index < -0.39 is 0 Å². The highest BCUT2D eigenvalue weighted by Gasteiger charge is 2.10. The Kier molecular flexibility index (Phi) is 8.04. The van der Waals surface area contributed by atoms with E-state index in [2.05, 4.69) is 31.1 Å². The van der Waals surface area contributed by atoms with Crippen molar-refractivity contribution in [3.63, 3.8) is 0 Å². The van der Waals surface area contributed by atoms with E-state index >= 15 is 0 Å². The van der Waals surface area contributed by atoms with Crippen LogP contribution in [0.4, 0.5) is 0 Å². The Hall–Kier alpha value is -2.04. The molecule has 0 atom stereocenters. The molecule has 5 nitrogen and oxygen atoms in total. The Morgan fingerprint density at radius 2 is 1.95 bits per heavy atom. The maximum absolute atomic E-state index is 12.2. The van der Waals surface area contributed by atoms with Crippen molar-refractivity contribution in [2.45, 2.75) is 33.6 Å². The van der Waals surface area contributed by atoms with Crippen molar-refractivity contribution in [3.05, 3.63) is 29.8 Å². The van der Waals surface area contributed by atoms with Crippen molar-refractivity contribution >= 4 is 11.9 Å². The van der Waals surface area contributed by atoms with Gasteiger partial charge >= 0.3 is 0 Å². The Bertz CT molecular complexity index is 481. The Morgan fingerprint density at radius 3 is 2.50 bits per heavy atom. The molecule has 0 spiro atoms. The van der Waals surface area contributed by atoms with Crippen LogP contribution in [0.2, 0.25) is 0 Å². The van der Waals surface area contributed by atoms with Crippen LogP contribution in [-0.2, 0) is 4.74 Å². The highest BCUT2D eigenvalue weighted by atomic mass is 16.5. The van der Waals surface area contributed by atoms with Crippen molar-refractivity contribution in [2.24, 2.45) is 10.9 Å². The molecule has 0 radical (unpaired) electrons. The summed E-state index contributed by atoms with van der Waals surface area (Å²) in [4.78, 5) is 16.5. The lowest BCUT2D eigenvalue weighted by atomic mass is 10.2. The highest BCUT2D eigenvalue weighted by Crippen LogP contribution is 2.11. The number of amidine groups is 1. The number of nitrogens with one attached hydrogen (secondary N) is 1. The molecule has 0 unspecified atom stereocenters. The molecule has 5 heteroatoms. The smallest absolute Gasteiger partial charge is 0.291 e. The number of amides is 1. The minimum absolute atomic E-state index is 0.235. The van der Waals surface area contributed by atoms with E-state index in [1.54, 1.807) is 31.4 Å². The zero-order chi connectivity index (χ0) is 16.4. The molecular formula is C17H26N2O3. The van der Waals surface area contributed by atoms with Gasteiger partial charge in [0.15, 0.2) is 0 Å². The van der Waals surface area contributed by atoms with Gasteiger partial charge in [0.2, 0.25) is 0 Å². The van der Waals surface area contributed by atoms with E-state index in [0.29, 0.717) is 36.4 Å².